The largest absolute Gasteiger partial charge is 0.378 e. The number of rotatable bonds is 10. The van der Waals surface area contributed by atoms with E-state index in [1.54, 1.807) is 0 Å². The van der Waals surface area contributed by atoms with E-state index in [-0.39, 0.29) is 11.9 Å². The molecule has 2 aromatic carbocycles. The first-order valence-electron chi connectivity index (χ1n) is 12.4. The Morgan fingerprint density at radius 3 is 2.34 bits per heavy atom. The molecule has 35 heavy (non-hydrogen) atoms. The third-order valence-corrected chi connectivity index (χ3v) is 7.76. The Kier molecular flexibility index (Phi) is 7.69. The van der Waals surface area contributed by atoms with Crippen LogP contribution in [0.4, 0.5) is 5.95 Å². The highest BCUT2D eigenvalue weighted by Crippen LogP contribution is 2.36. The molecule has 5 rings (SSSR count). The fraction of sp³-hybridized carbons (Fsp3) is 0.444. The summed E-state index contributed by atoms with van der Waals surface area (Å²) in [5, 5.41) is 9.84. The fourth-order valence-corrected chi connectivity index (χ4v) is 5.39. The van der Waals surface area contributed by atoms with Crippen molar-refractivity contribution in [2.75, 3.05) is 37.0 Å². The van der Waals surface area contributed by atoms with E-state index < -0.39 is 0 Å². The van der Waals surface area contributed by atoms with Crippen molar-refractivity contribution in [3.8, 4) is 0 Å². The number of anilines is 1. The summed E-state index contributed by atoms with van der Waals surface area (Å²) in [6.07, 6.45) is 2.42. The molecule has 0 bridgehead atoms. The average Bonchev–Trinajstić information content (AvgIpc) is 3.69. The summed E-state index contributed by atoms with van der Waals surface area (Å²) in [5.74, 6) is 1.96. The van der Waals surface area contributed by atoms with Crippen molar-refractivity contribution in [2.45, 2.75) is 44.1 Å². The number of hydrogen-bond donors (Lipinski definition) is 0. The zero-order valence-electron chi connectivity index (χ0n) is 20.3. The third kappa shape index (κ3) is 6.05. The molecule has 3 aromatic rings. The Morgan fingerprint density at radius 2 is 1.69 bits per heavy atom. The number of ether oxygens (including phenoxy) is 1. The Balaban J connectivity index is 1.33. The first-order valence-corrected chi connectivity index (χ1v) is 13.4. The molecule has 0 radical (unpaired) electrons. The maximum atomic E-state index is 13.5. The van der Waals surface area contributed by atoms with Crippen LogP contribution < -0.4 is 4.90 Å². The lowest BCUT2D eigenvalue weighted by molar-refractivity contribution is -0.131. The van der Waals surface area contributed by atoms with Gasteiger partial charge in [0.25, 0.3) is 0 Å². The van der Waals surface area contributed by atoms with Gasteiger partial charge < -0.3 is 14.5 Å². The van der Waals surface area contributed by atoms with Gasteiger partial charge in [0.15, 0.2) is 5.16 Å². The molecule has 0 unspecified atom stereocenters. The second-order valence-corrected chi connectivity index (χ2v) is 10.3. The maximum absolute atomic E-state index is 13.5. The molecular weight excluding hydrogens is 458 g/mol. The van der Waals surface area contributed by atoms with E-state index in [2.05, 4.69) is 55.8 Å². The topological polar surface area (TPSA) is 63.5 Å². The van der Waals surface area contributed by atoms with Gasteiger partial charge in [0.2, 0.25) is 11.9 Å². The second kappa shape index (κ2) is 11.3. The number of aromatic nitrogens is 3. The molecule has 7 nitrogen and oxygen atoms in total. The Bertz CT molecular complexity index is 1100. The van der Waals surface area contributed by atoms with Crippen LogP contribution in [0.2, 0.25) is 0 Å². The van der Waals surface area contributed by atoms with Crippen LogP contribution >= 0.6 is 11.8 Å². The van der Waals surface area contributed by atoms with Gasteiger partial charge in [0.1, 0.15) is 0 Å². The van der Waals surface area contributed by atoms with Crippen molar-refractivity contribution in [3.05, 3.63) is 71.8 Å². The van der Waals surface area contributed by atoms with Crippen LogP contribution in [0.25, 0.3) is 0 Å². The maximum Gasteiger partial charge on any atom is 0.233 e. The molecule has 184 valence electrons. The first kappa shape index (κ1) is 23.9. The number of nitrogens with zero attached hydrogens (tertiary/aromatic N) is 5. The van der Waals surface area contributed by atoms with Crippen LogP contribution in [-0.4, -0.2) is 63.7 Å². The molecular formula is C27H33N5O2S. The number of hydrogen-bond acceptors (Lipinski definition) is 6. The summed E-state index contributed by atoms with van der Waals surface area (Å²) >= 11 is 1.49. The lowest BCUT2D eigenvalue weighted by Crippen LogP contribution is -2.40. The molecule has 1 aliphatic carbocycles. The van der Waals surface area contributed by atoms with Gasteiger partial charge in [-0.3, -0.25) is 9.36 Å². The van der Waals surface area contributed by atoms with E-state index in [9.17, 15) is 4.79 Å². The predicted octanol–water partition coefficient (Wildman–Crippen LogP) is 4.08. The number of benzene rings is 2. The monoisotopic (exact) mass is 491 g/mol. The van der Waals surface area contributed by atoms with Gasteiger partial charge in [-0.2, -0.15) is 0 Å². The molecule has 0 N–H and O–H groups in total. The number of amides is 1. The quantitative estimate of drug-likeness (QED) is 0.398. The van der Waals surface area contributed by atoms with Crippen LogP contribution in [0.3, 0.4) is 0 Å². The number of carbonyl (C=O) groups is 1. The summed E-state index contributed by atoms with van der Waals surface area (Å²) in [6, 6.07) is 20.9. The summed E-state index contributed by atoms with van der Waals surface area (Å²) < 4.78 is 7.68. The van der Waals surface area contributed by atoms with Crippen LogP contribution in [0.5, 0.6) is 0 Å². The van der Waals surface area contributed by atoms with Crippen LogP contribution in [0.1, 0.15) is 30.9 Å². The average molecular weight is 492 g/mol. The van der Waals surface area contributed by atoms with Gasteiger partial charge in [0.05, 0.1) is 25.5 Å². The molecule has 0 spiro atoms. The second-order valence-electron chi connectivity index (χ2n) is 9.33. The highest BCUT2D eigenvalue weighted by Gasteiger charge is 2.34. The number of thioether (sulfide) groups is 1. The van der Waals surface area contributed by atoms with Crippen molar-refractivity contribution in [1.29, 1.82) is 0 Å². The molecule has 8 heteroatoms. The third-order valence-electron chi connectivity index (χ3n) is 6.81. The summed E-state index contributed by atoms with van der Waals surface area (Å²) in [4.78, 5) is 17.8. The number of morpholine rings is 1. The predicted molar refractivity (Wildman–Crippen MR) is 138 cm³/mol. The van der Waals surface area contributed by atoms with Gasteiger partial charge in [-0.05, 0) is 36.8 Å². The van der Waals surface area contributed by atoms with E-state index in [0.717, 1.165) is 24.2 Å². The molecule has 1 aromatic heterocycles. The van der Waals surface area contributed by atoms with E-state index in [1.165, 1.54) is 35.7 Å². The summed E-state index contributed by atoms with van der Waals surface area (Å²) in [5.41, 5.74) is 2.35. The highest BCUT2D eigenvalue weighted by molar-refractivity contribution is 7.99. The van der Waals surface area contributed by atoms with Crippen LogP contribution in [0.15, 0.2) is 65.8 Å². The SMILES string of the molecule is C[C@H](C1CC1)N(Cc1ccccc1)C(=O)CSc1nnc(N2CCOCC2)n1Cc1ccccc1. The van der Waals surface area contributed by atoms with Crippen molar-refractivity contribution >= 4 is 23.6 Å². The van der Waals surface area contributed by atoms with Crippen LogP contribution in [0, 0.1) is 5.92 Å². The van der Waals surface area contributed by atoms with Crippen molar-refractivity contribution in [2.24, 2.45) is 5.92 Å². The van der Waals surface area contributed by atoms with Gasteiger partial charge in [-0.1, -0.05) is 72.4 Å². The smallest absolute Gasteiger partial charge is 0.233 e. The minimum absolute atomic E-state index is 0.153. The van der Waals surface area contributed by atoms with Crippen LogP contribution in [-0.2, 0) is 22.6 Å². The first-order chi connectivity index (χ1) is 17.2. The molecule has 2 fully saturated rings. The summed E-state index contributed by atoms with van der Waals surface area (Å²) in [7, 11) is 0. The van der Waals surface area contributed by atoms with Gasteiger partial charge in [0, 0.05) is 25.7 Å². The summed E-state index contributed by atoms with van der Waals surface area (Å²) in [6.45, 7) is 6.47. The normalized spacial score (nSPS) is 16.8. The number of carbonyl (C=O) groups excluding carboxylic acids is 1. The molecule has 2 heterocycles. The molecule has 2 aliphatic rings. The Hall–Kier alpha value is -2.84. The van der Waals surface area contributed by atoms with Crippen molar-refractivity contribution in [3.63, 3.8) is 0 Å². The van der Waals surface area contributed by atoms with Crippen molar-refractivity contribution in [1.82, 2.24) is 19.7 Å². The molecule has 1 amide bonds. The van der Waals surface area contributed by atoms with E-state index in [1.807, 2.05) is 36.4 Å². The molecule has 1 saturated heterocycles. The minimum atomic E-state index is 0.153. The zero-order chi connectivity index (χ0) is 24.0. The minimum Gasteiger partial charge on any atom is -0.378 e. The lowest BCUT2D eigenvalue weighted by atomic mass is 10.1. The Morgan fingerprint density at radius 1 is 1.03 bits per heavy atom. The van der Waals surface area contributed by atoms with Crippen molar-refractivity contribution < 1.29 is 9.53 Å². The van der Waals surface area contributed by atoms with E-state index in [4.69, 9.17) is 4.74 Å². The zero-order valence-corrected chi connectivity index (χ0v) is 21.1. The Labute approximate surface area is 211 Å². The van der Waals surface area contributed by atoms with Gasteiger partial charge in [-0.25, -0.2) is 0 Å². The molecule has 1 aliphatic heterocycles. The van der Waals surface area contributed by atoms with E-state index in [0.29, 0.717) is 38.0 Å². The van der Waals surface area contributed by atoms with Gasteiger partial charge in [-0.15, -0.1) is 10.2 Å². The standard InChI is InChI=1S/C27H33N5O2S/c1-21(24-12-13-24)31(18-22-8-4-2-5-9-22)25(33)20-35-27-29-28-26(30-14-16-34-17-15-30)32(27)19-23-10-6-3-7-11-23/h2-11,21,24H,12-20H2,1H3/t21-/m1/s1. The lowest BCUT2D eigenvalue weighted by Gasteiger charge is -2.30. The fourth-order valence-electron chi connectivity index (χ4n) is 4.57. The highest BCUT2D eigenvalue weighted by atomic mass is 32.2. The van der Waals surface area contributed by atoms with Gasteiger partial charge >= 0.3 is 0 Å². The molecule has 1 saturated carbocycles. The molecule has 1 atom stereocenters. The van der Waals surface area contributed by atoms with E-state index >= 15 is 0 Å².